The zero-order valence-electron chi connectivity index (χ0n) is 8.11. The Morgan fingerprint density at radius 2 is 2.31 bits per heavy atom. The molecule has 0 aliphatic rings. The standard InChI is InChI=1S/C9H13N3S/c1-5-6-12(4)9-10-8(7(2)3)11-13-9/h1,7H,6H2,2-4H3. The van der Waals surface area contributed by atoms with Gasteiger partial charge in [0.2, 0.25) is 5.13 Å². The first-order chi connectivity index (χ1) is 6.15. The van der Waals surface area contributed by atoms with Crippen LogP contribution in [0.2, 0.25) is 0 Å². The van der Waals surface area contributed by atoms with Gasteiger partial charge in [0, 0.05) is 24.5 Å². The zero-order chi connectivity index (χ0) is 9.84. The smallest absolute Gasteiger partial charge is 0.205 e. The molecule has 70 valence electrons. The number of rotatable bonds is 3. The van der Waals surface area contributed by atoms with Crippen molar-refractivity contribution in [2.24, 2.45) is 0 Å². The highest BCUT2D eigenvalue weighted by molar-refractivity contribution is 7.09. The minimum atomic E-state index is 0.379. The van der Waals surface area contributed by atoms with Gasteiger partial charge in [0.25, 0.3) is 0 Å². The number of anilines is 1. The van der Waals surface area contributed by atoms with Crippen LogP contribution in [0.25, 0.3) is 0 Å². The molecule has 0 fully saturated rings. The highest BCUT2D eigenvalue weighted by atomic mass is 32.1. The molecule has 1 heterocycles. The summed E-state index contributed by atoms with van der Waals surface area (Å²) in [5, 5.41) is 0.890. The highest BCUT2D eigenvalue weighted by Gasteiger charge is 2.09. The molecule has 1 rings (SSSR count). The number of hydrogen-bond acceptors (Lipinski definition) is 4. The van der Waals surface area contributed by atoms with Gasteiger partial charge in [-0.2, -0.15) is 4.37 Å². The van der Waals surface area contributed by atoms with Gasteiger partial charge in [-0.25, -0.2) is 4.98 Å². The molecule has 0 aliphatic heterocycles. The molecule has 0 amide bonds. The molecule has 0 saturated heterocycles. The van der Waals surface area contributed by atoms with Crippen molar-refractivity contribution in [2.45, 2.75) is 19.8 Å². The predicted molar refractivity (Wildman–Crippen MR) is 56.1 cm³/mol. The summed E-state index contributed by atoms with van der Waals surface area (Å²) in [5.74, 6) is 3.84. The van der Waals surface area contributed by atoms with Crippen molar-refractivity contribution in [2.75, 3.05) is 18.5 Å². The molecule has 1 aromatic rings. The first-order valence-corrected chi connectivity index (χ1v) is 4.90. The molecule has 13 heavy (non-hydrogen) atoms. The lowest BCUT2D eigenvalue weighted by atomic mass is 10.2. The molecular weight excluding hydrogens is 182 g/mol. The Hall–Kier alpha value is -1.08. The Labute approximate surface area is 83.0 Å². The average molecular weight is 195 g/mol. The van der Waals surface area contributed by atoms with Crippen LogP contribution in [0.3, 0.4) is 0 Å². The topological polar surface area (TPSA) is 29.0 Å². The third-order valence-electron chi connectivity index (χ3n) is 1.60. The van der Waals surface area contributed by atoms with Crippen LogP contribution >= 0.6 is 11.5 Å². The Bertz CT molecular complexity index is 311. The lowest BCUT2D eigenvalue weighted by molar-refractivity contribution is 0.796. The molecule has 0 atom stereocenters. The van der Waals surface area contributed by atoms with Crippen LogP contribution in [-0.2, 0) is 0 Å². The fraction of sp³-hybridized carbons (Fsp3) is 0.556. The van der Waals surface area contributed by atoms with Crippen LogP contribution in [0.15, 0.2) is 0 Å². The van der Waals surface area contributed by atoms with E-state index in [1.807, 2.05) is 11.9 Å². The lowest BCUT2D eigenvalue weighted by Crippen LogP contribution is -2.16. The molecule has 0 radical (unpaired) electrons. The van der Waals surface area contributed by atoms with Gasteiger partial charge in [-0.1, -0.05) is 19.8 Å². The molecule has 3 nitrogen and oxygen atoms in total. The molecule has 0 N–H and O–H groups in total. The Morgan fingerprint density at radius 3 is 2.77 bits per heavy atom. The summed E-state index contributed by atoms with van der Waals surface area (Å²) >= 11 is 1.40. The van der Waals surface area contributed by atoms with E-state index >= 15 is 0 Å². The summed E-state index contributed by atoms with van der Waals surface area (Å²) in [6, 6.07) is 0. The summed E-state index contributed by atoms with van der Waals surface area (Å²) < 4.78 is 4.24. The van der Waals surface area contributed by atoms with E-state index in [-0.39, 0.29) is 0 Å². The van der Waals surface area contributed by atoms with Crippen molar-refractivity contribution in [1.82, 2.24) is 9.36 Å². The van der Waals surface area contributed by atoms with Gasteiger partial charge in [-0.15, -0.1) is 6.42 Å². The van der Waals surface area contributed by atoms with E-state index in [2.05, 4.69) is 29.1 Å². The lowest BCUT2D eigenvalue weighted by Gasteiger charge is -2.09. The van der Waals surface area contributed by atoms with E-state index in [0.717, 1.165) is 11.0 Å². The molecule has 0 unspecified atom stereocenters. The van der Waals surface area contributed by atoms with Crippen molar-refractivity contribution in [3.63, 3.8) is 0 Å². The number of hydrogen-bond donors (Lipinski definition) is 0. The molecular formula is C9H13N3S. The maximum atomic E-state index is 5.20. The van der Waals surface area contributed by atoms with E-state index in [1.54, 1.807) is 0 Å². The number of nitrogens with zero attached hydrogens (tertiary/aromatic N) is 3. The minimum absolute atomic E-state index is 0.379. The molecule has 0 aromatic carbocycles. The van der Waals surface area contributed by atoms with E-state index in [1.165, 1.54) is 11.5 Å². The second-order valence-corrected chi connectivity index (χ2v) is 3.88. The quantitative estimate of drug-likeness (QED) is 0.688. The van der Waals surface area contributed by atoms with Crippen LogP contribution in [0, 0.1) is 12.3 Å². The SMILES string of the molecule is C#CCN(C)c1nc(C(C)C)ns1. The fourth-order valence-corrected chi connectivity index (χ4v) is 1.59. The molecule has 0 aliphatic carbocycles. The van der Waals surface area contributed by atoms with Gasteiger partial charge in [0.15, 0.2) is 0 Å². The van der Waals surface area contributed by atoms with Gasteiger partial charge in [0.1, 0.15) is 5.82 Å². The van der Waals surface area contributed by atoms with Crippen LogP contribution in [0.5, 0.6) is 0 Å². The highest BCUT2D eigenvalue weighted by Crippen LogP contribution is 2.19. The Morgan fingerprint density at radius 1 is 1.62 bits per heavy atom. The van der Waals surface area contributed by atoms with Crippen LogP contribution in [-0.4, -0.2) is 22.9 Å². The van der Waals surface area contributed by atoms with Crippen LogP contribution < -0.4 is 4.90 Å². The van der Waals surface area contributed by atoms with Gasteiger partial charge in [0.05, 0.1) is 6.54 Å². The fourth-order valence-electron chi connectivity index (χ4n) is 0.821. The number of terminal acetylenes is 1. The van der Waals surface area contributed by atoms with Crippen molar-refractivity contribution in [3.8, 4) is 12.3 Å². The van der Waals surface area contributed by atoms with Crippen molar-refractivity contribution >= 4 is 16.7 Å². The maximum Gasteiger partial charge on any atom is 0.205 e. The molecule has 0 saturated carbocycles. The van der Waals surface area contributed by atoms with Gasteiger partial charge >= 0.3 is 0 Å². The molecule has 0 bridgehead atoms. The predicted octanol–water partition coefficient (Wildman–Crippen LogP) is 1.73. The monoisotopic (exact) mass is 195 g/mol. The van der Waals surface area contributed by atoms with Gasteiger partial charge < -0.3 is 4.90 Å². The van der Waals surface area contributed by atoms with E-state index in [4.69, 9.17) is 6.42 Å². The zero-order valence-corrected chi connectivity index (χ0v) is 8.93. The second kappa shape index (κ2) is 4.24. The molecule has 4 heteroatoms. The summed E-state index contributed by atoms with van der Waals surface area (Å²) in [6.07, 6.45) is 5.20. The number of aromatic nitrogens is 2. The van der Waals surface area contributed by atoms with Crippen LogP contribution in [0.4, 0.5) is 5.13 Å². The largest absolute Gasteiger partial charge is 0.339 e. The van der Waals surface area contributed by atoms with E-state index in [9.17, 15) is 0 Å². The Kier molecular flexibility index (Phi) is 3.26. The maximum absolute atomic E-state index is 5.20. The molecule has 0 spiro atoms. The first-order valence-electron chi connectivity index (χ1n) is 4.13. The van der Waals surface area contributed by atoms with Crippen molar-refractivity contribution < 1.29 is 0 Å². The first kappa shape index (κ1) is 10.0. The summed E-state index contributed by atoms with van der Waals surface area (Å²) in [7, 11) is 1.92. The average Bonchev–Trinajstić information content (AvgIpc) is 2.52. The van der Waals surface area contributed by atoms with E-state index < -0.39 is 0 Å². The third-order valence-corrected chi connectivity index (χ3v) is 2.45. The van der Waals surface area contributed by atoms with Gasteiger partial charge in [-0.05, 0) is 0 Å². The van der Waals surface area contributed by atoms with Crippen molar-refractivity contribution in [1.29, 1.82) is 0 Å². The van der Waals surface area contributed by atoms with Crippen LogP contribution in [0.1, 0.15) is 25.6 Å². The summed E-state index contributed by atoms with van der Waals surface area (Å²) in [5.41, 5.74) is 0. The normalized spacial score (nSPS) is 10.1. The van der Waals surface area contributed by atoms with E-state index in [0.29, 0.717) is 12.5 Å². The molecule has 1 aromatic heterocycles. The summed E-state index contributed by atoms with van der Waals surface area (Å²) in [4.78, 5) is 6.29. The summed E-state index contributed by atoms with van der Waals surface area (Å²) in [6.45, 7) is 4.73. The van der Waals surface area contributed by atoms with Gasteiger partial charge in [-0.3, -0.25) is 0 Å². The van der Waals surface area contributed by atoms with Crippen molar-refractivity contribution in [3.05, 3.63) is 5.82 Å². The second-order valence-electron chi connectivity index (χ2n) is 3.15. The minimum Gasteiger partial charge on any atom is -0.339 e. The Balaban J connectivity index is 2.74. The third kappa shape index (κ3) is 2.43.